The predicted octanol–water partition coefficient (Wildman–Crippen LogP) is 3.84. The summed E-state index contributed by atoms with van der Waals surface area (Å²) in [6.45, 7) is 6.38. The highest BCUT2D eigenvalue weighted by molar-refractivity contribution is 5.93. The van der Waals surface area contributed by atoms with E-state index in [2.05, 4.69) is 30.8 Å². The van der Waals surface area contributed by atoms with Crippen LogP contribution in [0.1, 0.15) is 32.6 Å². The van der Waals surface area contributed by atoms with E-state index in [1.54, 1.807) is 16.8 Å². The Morgan fingerprint density at radius 3 is 2.51 bits per heavy atom. The van der Waals surface area contributed by atoms with E-state index in [1.165, 1.54) is 32.3 Å². The molecule has 2 aromatic heterocycles. The van der Waals surface area contributed by atoms with Gasteiger partial charge in [0.05, 0.1) is 5.52 Å². The molecule has 0 unspecified atom stereocenters. The second-order valence-corrected chi connectivity index (χ2v) is 9.10. The summed E-state index contributed by atoms with van der Waals surface area (Å²) in [5, 5.41) is 9.91. The summed E-state index contributed by atoms with van der Waals surface area (Å²) < 4.78 is 1.59. The molecule has 0 spiro atoms. The minimum atomic E-state index is -0.153. The first-order valence-electron chi connectivity index (χ1n) is 12.4. The fourth-order valence-electron chi connectivity index (χ4n) is 5.01. The van der Waals surface area contributed by atoms with Crippen molar-refractivity contribution in [3.63, 3.8) is 0 Å². The third-order valence-corrected chi connectivity index (χ3v) is 6.82. The van der Waals surface area contributed by atoms with Crippen molar-refractivity contribution in [1.82, 2.24) is 29.7 Å². The van der Waals surface area contributed by atoms with Gasteiger partial charge in [-0.3, -0.25) is 9.88 Å². The molecule has 2 fully saturated rings. The lowest BCUT2D eigenvalue weighted by Crippen LogP contribution is -2.47. The van der Waals surface area contributed by atoms with Crippen LogP contribution in [-0.2, 0) is 0 Å². The Balaban J connectivity index is 1.19. The van der Waals surface area contributed by atoms with Gasteiger partial charge in [0, 0.05) is 49.0 Å². The molecule has 0 bridgehead atoms. The summed E-state index contributed by atoms with van der Waals surface area (Å²) in [4.78, 5) is 37.9. The third-order valence-electron chi connectivity index (χ3n) is 6.82. The summed E-state index contributed by atoms with van der Waals surface area (Å²) in [5.41, 5.74) is 1.65. The second-order valence-electron chi connectivity index (χ2n) is 9.10. The van der Waals surface area contributed by atoms with Crippen molar-refractivity contribution in [3.8, 4) is 0 Å². The van der Waals surface area contributed by atoms with Gasteiger partial charge in [-0.1, -0.05) is 0 Å². The zero-order valence-electron chi connectivity index (χ0n) is 20.0. The molecule has 5 rings (SSSR count). The first kappa shape index (κ1) is 23.1. The minimum absolute atomic E-state index is 0.123. The number of piperidine rings is 1. The van der Waals surface area contributed by atoms with Crippen LogP contribution in [0.2, 0.25) is 0 Å². The Labute approximate surface area is 204 Å². The van der Waals surface area contributed by atoms with Crippen LogP contribution < -0.4 is 16.0 Å². The maximum absolute atomic E-state index is 12.8. The van der Waals surface area contributed by atoms with Crippen molar-refractivity contribution in [1.29, 1.82) is 0 Å². The molecule has 0 atom stereocenters. The normalized spacial score (nSPS) is 17.0. The lowest BCUT2D eigenvalue weighted by atomic mass is 10.0. The van der Waals surface area contributed by atoms with Gasteiger partial charge in [0.2, 0.25) is 0 Å². The Hall–Kier alpha value is -3.66. The molecule has 4 heterocycles. The fourth-order valence-corrected chi connectivity index (χ4v) is 5.01. The lowest BCUT2D eigenvalue weighted by Gasteiger charge is -2.36. The Kier molecular flexibility index (Phi) is 6.80. The highest BCUT2D eigenvalue weighted by atomic mass is 16.2. The zero-order valence-corrected chi connectivity index (χ0v) is 20.0. The third kappa shape index (κ3) is 5.22. The van der Waals surface area contributed by atoms with E-state index in [9.17, 15) is 9.59 Å². The van der Waals surface area contributed by atoms with E-state index in [0.717, 1.165) is 42.5 Å². The Bertz CT molecular complexity index is 1200. The number of nitrogens with one attached hydrogen (secondary N) is 3. The zero-order chi connectivity index (χ0) is 24.2. The number of urea groups is 1. The number of likely N-dealkylation sites (tertiary alicyclic amines) is 2. The lowest BCUT2D eigenvalue weighted by molar-refractivity contribution is 0.140. The van der Waals surface area contributed by atoms with Crippen molar-refractivity contribution < 1.29 is 9.59 Å². The van der Waals surface area contributed by atoms with Crippen LogP contribution in [-0.4, -0.2) is 75.2 Å². The van der Waals surface area contributed by atoms with Crippen LogP contribution >= 0.6 is 0 Å². The maximum atomic E-state index is 12.8. The summed E-state index contributed by atoms with van der Waals surface area (Å²) >= 11 is 0. The molecule has 2 aliphatic rings. The highest BCUT2D eigenvalue weighted by Crippen LogP contribution is 2.24. The molecule has 2 aliphatic heterocycles. The van der Waals surface area contributed by atoms with Crippen molar-refractivity contribution in [2.75, 3.05) is 43.4 Å². The predicted molar refractivity (Wildman–Crippen MR) is 136 cm³/mol. The number of hydrogen-bond donors (Lipinski definition) is 3. The molecule has 1 aromatic carbocycles. The monoisotopic (exact) mass is 476 g/mol. The number of carbonyl (C=O) groups excluding carboxylic acids is 2. The van der Waals surface area contributed by atoms with Gasteiger partial charge in [-0.2, -0.15) is 0 Å². The average molecular weight is 477 g/mol. The van der Waals surface area contributed by atoms with Crippen molar-refractivity contribution in [3.05, 3.63) is 42.9 Å². The van der Waals surface area contributed by atoms with Gasteiger partial charge < -0.3 is 20.4 Å². The van der Waals surface area contributed by atoms with E-state index >= 15 is 0 Å². The molecule has 3 aromatic rings. The SMILES string of the molecule is CCNC(=O)n1ccc2cc(Nc3cc(NC(=O)N4CCC(N5CCCC5)CC4)ncn3)ccc21. The molecule has 0 aliphatic carbocycles. The van der Waals surface area contributed by atoms with Gasteiger partial charge >= 0.3 is 12.1 Å². The van der Waals surface area contributed by atoms with Gasteiger partial charge in [0.25, 0.3) is 0 Å². The standard InChI is InChI=1S/C25H32N8O2/c1-2-26-24(34)33-14-7-18-15-19(5-6-21(18)33)29-22-16-23(28-17-27-22)30-25(35)32-12-8-20(9-13-32)31-10-3-4-11-31/h5-7,14-17,20H,2-4,8-13H2,1H3,(H,26,34)(H2,27,28,29,30,35). The van der Waals surface area contributed by atoms with E-state index in [4.69, 9.17) is 0 Å². The quantitative estimate of drug-likeness (QED) is 0.516. The number of benzene rings is 1. The smallest absolute Gasteiger partial charge is 0.326 e. The molecule has 3 amide bonds. The maximum Gasteiger partial charge on any atom is 0.326 e. The Morgan fingerprint density at radius 1 is 0.971 bits per heavy atom. The topological polar surface area (TPSA) is 107 Å². The van der Waals surface area contributed by atoms with E-state index in [0.29, 0.717) is 24.2 Å². The fraction of sp³-hybridized carbons (Fsp3) is 0.440. The van der Waals surface area contributed by atoms with Crippen molar-refractivity contribution in [2.24, 2.45) is 0 Å². The number of carbonyl (C=O) groups is 2. The molecular weight excluding hydrogens is 444 g/mol. The number of amides is 3. The molecule has 10 heteroatoms. The van der Waals surface area contributed by atoms with Gasteiger partial charge in [-0.15, -0.1) is 0 Å². The molecule has 184 valence electrons. The van der Waals surface area contributed by atoms with Gasteiger partial charge in [-0.25, -0.2) is 19.6 Å². The van der Waals surface area contributed by atoms with Crippen LogP contribution in [0.5, 0.6) is 0 Å². The minimum Gasteiger partial charge on any atom is -0.340 e. The number of anilines is 3. The number of aromatic nitrogens is 3. The average Bonchev–Trinajstić information content (AvgIpc) is 3.55. The van der Waals surface area contributed by atoms with E-state index < -0.39 is 0 Å². The molecular formula is C25H32N8O2. The van der Waals surface area contributed by atoms with Crippen LogP contribution in [0.25, 0.3) is 10.9 Å². The number of fused-ring (bicyclic) bond motifs is 1. The molecule has 0 saturated carbocycles. The van der Waals surface area contributed by atoms with Gasteiger partial charge in [0.1, 0.15) is 18.0 Å². The molecule has 0 radical (unpaired) electrons. The Morgan fingerprint density at radius 2 is 1.74 bits per heavy atom. The van der Waals surface area contributed by atoms with Crippen molar-refractivity contribution >= 4 is 40.3 Å². The van der Waals surface area contributed by atoms with E-state index in [-0.39, 0.29) is 12.1 Å². The summed E-state index contributed by atoms with van der Waals surface area (Å²) in [6, 6.07) is 9.68. The summed E-state index contributed by atoms with van der Waals surface area (Å²) in [5.74, 6) is 1.03. The molecule has 3 N–H and O–H groups in total. The first-order chi connectivity index (χ1) is 17.1. The van der Waals surface area contributed by atoms with Crippen LogP contribution in [0, 0.1) is 0 Å². The summed E-state index contributed by atoms with van der Waals surface area (Å²) in [7, 11) is 0. The van der Waals surface area contributed by atoms with Crippen molar-refractivity contribution in [2.45, 2.75) is 38.6 Å². The number of nitrogens with zero attached hydrogens (tertiary/aromatic N) is 5. The van der Waals surface area contributed by atoms with Gasteiger partial charge in [-0.05, 0) is 70.0 Å². The van der Waals surface area contributed by atoms with Crippen LogP contribution in [0.3, 0.4) is 0 Å². The van der Waals surface area contributed by atoms with Crippen LogP contribution in [0.15, 0.2) is 42.9 Å². The summed E-state index contributed by atoms with van der Waals surface area (Å²) in [6.07, 6.45) is 7.82. The van der Waals surface area contributed by atoms with Crippen LogP contribution in [0.4, 0.5) is 26.9 Å². The van der Waals surface area contributed by atoms with Gasteiger partial charge in [0.15, 0.2) is 0 Å². The number of rotatable bonds is 5. The number of hydrogen-bond acceptors (Lipinski definition) is 6. The molecule has 10 nitrogen and oxygen atoms in total. The first-order valence-corrected chi connectivity index (χ1v) is 12.4. The highest BCUT2D eigenvalue weighted by Gasteiger charge is 2.28. The largest absolute Gasteiger partial charge is 0.340 e. The second kappa shape index (κ2) is 10.3. The molecule has 2 saturated heterocycles. The molecule has 35 heavy (non-hydrogen) atoms. The van der Waals surface area contributed by atoms with E-state index in [1.807, 2.05) is 36.1 Å².